The van der Waals surface area contributed by atoms with Crippen LogP contribution in [0.25, 0.3) is 0 Å². The Labute approximate surface area is 131 Å². The van der Waals surface area contributed by atoms with Crippen molar-refractivity contribution in [1.29, 1.82) is 0 Å². The van der Waals surface area contributed by atoms with Crippen LogP contribution in [0.2, 0.25) is 0 Å². The SMILES string of the molecule is CCCCCc1cc(OC)c(CC(C)NC(=O)O)nc1OC. The van der Waals surface area contributed by atoms with Crippen LogP contribution in [0, 0.1) is 0 Å². The minimum atomic E-state index is -1.05. The van der Waals surface area contributed by atoms with Crippen molar-refractivity contribution < 1.29 is 19.4 Å². The smallest absolute Gasteiger partial charge is 0.404 e. The largest absolute Gasteiger partial charge is 0.495 e. The summed E-state index contributed by atoms with van der Waals surface area (Å²) < 4.78 is 10.8. The van der Waals surface area contributed by atoms with E-state index in [0.29, 0.717) is 23.7 Å². The highest BCUT2D eigenvalue weighted by Gasteiger charge is 2.16. The second-order valence-electron chi connectivity index (χ2n) is 5.32. The van der Waals surface area contributed by atoms with Crippen LogP contribution in [0.3, 0.4) is 0 Å². The molecule has 0 saturated carbocycles. The summed E-state index contributed by atoms with van der Waals surface area (Å²) >= 11 is 0. The number of methoxy groups -OCH3 is 2. The molecule has 1 heterocycles. The van der Waals surface area contributed by atoms with E-state index in [9.17, 15) is 4.79 Å². The van der Waals surface area contributed by atoms with E-state index in [1.165, 1.54) is 0 Å². The first kappa shape index (κ1) is 18.1. The molecule has 22 heavy (non-hydrogen) atoms. The number of hydrogen-bond donors (Lipinski definition) is 2. The predicted octanol–water partition coefficient (Wildman–Crippen LogP) is 3.03. The zero-order chi connectivity index (χ0) is 16.5. The number of aryl methyl sites for hydroxylation is 1. The zero-order valence-corrected chi connectivity index (χ0v) is 13.8. The van der Waals surface area contributed by atoms with Gasteiger partial charge in [0.05, 0.1) is 19.9 Å². The summed E-state index contributed by atoms with van der Waals surface area (Å²) in [6.07, 6.45) is 3.68. The van der Waals surface area contributed by atoms with Crippen LogP contribution in [0.4, 0.5) is 4.79 Å². The molecule has 0 spiro atoms. The molecule has 2 N–H and O–H groups in total. The van der Waals surface area contributed by atoms with Gasteiger partial charge in [-0.05, 0) is 25.8 Å². The van der Waals surface area contributed by atoms with Crippen molar-refractivity contribution in [3.8, 4) is 11.6 Å². The standard InChI is InChI=1S/C16H26N2O4/c1-5-6-7-8-12-10-14(21-3)13(18-15(12)22-4)9-11(2)17-16(19)20/h10-11,17H,5-9H2,1-4H3,(H,19,20). The number of carboxylic acid groups (broad SMARTS) is 1. The summed E-state index contributed by atoms with van der Waals surface area (Å²) in [7, 11) is 3.19. The van der Waals surface area contributed by atoms with Gasteiger partial charge in [0, 0.05) is 18.0 Å². The van der Waals surface area contributed by atoms with Gasteiger partial charge in [-0.2, -0.15) is 0 Å². The van der Waals surface area contributed by atoms with E-state index < -0.39 is 6.09 Å². The van der Waals surface area contributed by atoms with E-state index in [1.807, 2.05) is 6.07 Å². The van der Waals surface area contributed by atoms with Crippen LogP contribution < -0.4 is 14.8 Å². The topological polar surface area (TPSA) is 80.7 Å². The number of ether oxygens (including phenoxy) is 2. The third-order valence-electron chi connectivity index (χ3n) is 3.43. The Morgan fingerprint density at radius 2 is 2.09 bits per heavy atom. The number of rotatable bonds is 9. The molecule has 0 aliphatic heterocycles. The molecule has 0 aromatic carbocycles. The van der Waals surface area contributed by atoms with Crippen molar-refractivity contribution in [2.75, 3.05) is 14.2 Å². The number of aromatic nitrogens is 1. The fourth-order valence-electron chi connectivity index (χ4n) is 2.35. The van der Waals surface area contributed by atoms with Gasteiger partial charge in [-0.1, -0.05) is 19.8 Å². The highest BCUT2D eigenvalue weighted by atomic mass is 16.5. The molecule has 0 radical (unpaired) electrons. The number of hydrogen-bond acceptors (Lipinski definition) is 4. The maximum absolute atomic E-state index is 10.7. The summed E-state index contributed by atoms with van der Waals surface area (Å²) in [4.78, 5) is 15.2. The molecule has 1 atom stereocenters. The lowest BCUT2D eigenvalue weighted by Gasteiger charge is -2.16. The Hall–Kier alpha value is -1.98. The van der Waals surface area contributed by atoms with Crippen molar-refractivity contribution in [3.05, 3.63) is 17.3 Å². The predicted molar refractivity (Wildman–Crippen MR) is 84.9 cm³/mol. The molecular formula is C16H26N2O4. The lowest BCUT2D eigenvalue weighted by molar-refractivity contribution is 0.190. The second-order valence-corrected chi connectivity index (χ2v) is 5.32. The molecular weight excluding hydrogens is 284 g/mol. The van der Waals surface area contributed by atoms with Crippen LogP contribution in [0.5, 0.6) is 11.6 Å². The first-order valence-electron chi connectivity index (χ1n) is 7.62. The maximum atomic E-state index is 10.7. The molecule has 6 nitrogen and oxygen atoms in total. The highest BCUT2D eigenvalue weighted by Crippen LogP contribution is 2.27. The summed E-state index contributed by atoms with van der Waals surface area (Å²) in [5, 5.41) is 11.2. The molecule has 6 heteroatoms. The minimum absolute atomic E-state index is 0.255. The zero-order valence-electron chi connectivity index (χ0n) is 13.8. The number of nitrogens with one attached hydrogen (secondary N) is 1. The summed E-state index contributed by atoms with van der Waals surface area (Å²) in [6, 6.07) is 1.69. The first-order valence-corrected chi connectivity index (χ1v) is 7.62. The molecule has 1 rings (SSSR count). The van der Waals surface area contributed by atoms with E-state index in [4.69, 9.17) is 14.6 Å². The van der Waals surface area contributed by atoms with Crippen LogP contribution in [0.15, 0.2) is 6.07 Å². The first-order chi connectivity index (χ1) is 10.5. The van der Waals surface area contributed by atoms with E-state index in [-0.39, 0.29) is 6.04 Å². The Bertz CT molecular complexity index is 491. The fraction of sp³-hybridized carbons (Fsp3) is 0.625. The third kappa shape index (κ3) is 5.42. The third-order valence-corrected chi connectivity index (χ3v) is 3.43. The molecule has 0 fully saturated rings. The molecule has 0 bridgehead atoms. The molecule has 0 aliphatic carbocycles. The van der Waals surface area contributed by atoms with Gasteiger partial charge in [0.2, 0.25) is 5.88 Å². The van der Waals surface area contributed by atoms with Gasteiger partial charge >= 0.3 is 6.09 Å². The lowest BCUT2D eigenvalue weighted by atomic mass is 10.1. The maximum Gasteiger partial charge on any atom is 0.404 e. The molecule has 1 aromatic heterocycles. The quantitative estimate of drug-likeness (QED) is 0.685. The van der Waals surface area contributed by atoms with Gasteiger partial charge in [0.25, 0.3) is 0 Å². The van der Waals surface area contributed by atoms with Crippen LogP contribution in [0.1, 0.15) is 44.4 Å². The average Bonchev–Trinajstić information content (AvgIpc) is 2.47. The van der Waals surface area contributed by atoms with Gasteiger partial charge in [-0.3, -0.25) is 0 Å². The number of pyridine rings is 1. The van der Waals surface area contributed by atoms with E-state index >= 15 is 0 Å². The van der Waals surface area contributed by atoms with Gasteiger partial charge in [0.1, 0.15) is 5.75 Å². The monoisotopic (exact) mass is 310 g/mol. The summed E-state index contributed by atoms with van der Waals surface area (Å²) in [5.74, 6) is 1.26. The lowest BCUT2D eigenvalue weighted by Crippen LogP contribution is -2.33. The van der Waals surface area contributed by atoms with Crippen molar-refractivity contribution >= 4 is 6.09 Å². The Kier molecular flexibility index (Phi) is 7.49. The van der Waals surface area contributed by atoms with Crippen LogP contribution >= 0.6 is 0 Å². The van der Waals surface area contributed by atoms with Crippen molar-refractivity contribution in [1.82, 2.24) is 10.3 Å². The van der Waals surface area contributed by atoms with E-state index in [0.717, 1.165) is 31.2 Å². The number of amides is 1. The van der Waals surface area contributed by atoms with Crippen molar-refractivity contribution in [3.63, 3.8) is 0 Å². The molecule has 1 unspecified atom stereocenters. The van der Waals surface area contributed by atoms with Crippen LogP contribution in [-0.2, 0) is 12.8 Å². The Balaban J connectivity index is 2.95. The molecule has 1 amide bonds. The Morgan fingerprint density at radius 1 is 1.36 bits per heavy atom. The molecule has 124 valence electrons. The van der Waals surface area contributed by atoms with E-state index in [1.54, 1.807) is 21.1 Å². The fourth-order valence-corrected chi connectivity index (χ4v) is 2.35. The van der Waals surface area contributed by atoms with Gasteiger partial charge in [0.15, 0.2) is 0 Å². The van der Waals surface area contributed by atoms with E-state index in [2.05, 4.69) is 17.2 Å². The summed E-state index contributed by atoms with van der Waals surface area (Å²) in [6.45, 7) is 3.95. The second kappa shape index (κ2) is 9.12. The molecule has 0 aliphatic rings. The van der Waals surface area contributed by atoms with Crippen molar-refractivity contribution in [2.45, 2.75) is 52.0 Å². The highest BCUT2D eigenvalue weighted by molar-refractivity contribution is 5.64. The average molecular weight is 310 g/mol. The number of unbranched alkanes of at least 4 members (excludes halogenated alkanes) is 2. The van der Waals surface area contributed by atoms with Gasteiger partial charge in [-0.25, -0.2) is 9.78 Å². The van der Waals surface area contributed by atoms with Crippen LogP contribution in [-0.4, -0.2) is 36.4 Å². The molecule has 0 saturated heterocycles. The van der Waals surface area contributed by atoms with Crippen molar-refractivity contribution in [2.24, 2.45) is 0 Å². The summed E-state index contributed by atoms with van der Waals surface area (Å²) in [5.41, 5.74) is 1.72. The Morgan fingerprint density at radius 3 is 2.64 bits per heavy atom. The molecule has 1 aromatic rings. The van der Waals surface area contributed by atoms with Gasteiger partial charge < -0.3 is 19.9 Å². The number of nitrogens with zero attached hydrogens (tertiary/aromatic N) is 1. The minimum Gasteiger partial charge on any atom is -0.495 e. The number of carbonyl (C=O) groups is 1. The normalized spacial score (nSPS) is 11.8. The van der Waals surface area contributed by atoms with Gasteiger partial charge in [-0.15, -0.1) is 0 Å².